The fourth-order valence-corrected chi connectivity index (χ4v) is 2.68. The predicted octanol–water partition coefficient (Wildman–Crippen LogP) is 1.68. The van der Waals surface area contributed by atoms with Crippen LogP contribution in [0.2, 0.25) is 0 Å². The van der Waals surface area contributed by atoms with Crippen molar-refractivity contribution in [3.05, 3.63) is 24.4 Å². The maximum Gasteiger partial charge on any atom is 0.220 e. The number of nitrogens with one attached hydrogen (secondary N) is 1. The van der Waals surface area contributed by atoms with Crippen LogP contribution in [0.4, 0.5) is 5.82 Å². The van der Waals surface area contributed by atoms with Gasteiger partial charge in [-0.25, -0.2) is 4.98 Å². The minimum atomic E-state index is 0.159. The van der Waals surface area contributed by atoms with Crippen molar-refractivity contribution < 1.29 is 4.79 Å². The second-order valence-corrected chi connectivity index (χ2v) is 5.89. The molecule has 3 N–H and O–H groups in total. The summed E-state index contributed by atoms with van der Waals surface area (Å²) in [5, 5.41) is 3.14. The summed E-state index contributed by atoms with van der Waals surface area (Å²) in [4.78, 5) is 18.5. The second kappa shape index (κ2) is 7.98. The van der Waals surface area contributed by atoms with E-state index in [1.807, 2.05) is 31.3 Å². The normalized spacial score (nSPS) is 17.5. The lowest BCUT2D eigenvalue weighted by atomic mass is 10.0. The van der Waals surface area contributed by atoms with Crippen molar-refractivity contribution >= 4 is 11.7 Å². The first kappa shape index (κ1) is 15.8. The molecule has 1 saturated heterocycles. The Balaban J connectivity index is 1.68. The Morgan fingerprint density at radius 3 is 2.86 bits per heavy atom. The highest BCUT2D eigenvalue weighted by atomic mass is 16.1. The number of rotatable bonds is 6. The van der Waals surface area contributed by atoms with Gasteiger partial charge in [0.25, 0.3) is 0 Å². The van der Waals surface area contributed by atoms with Gasteiger partial charge in [0.2, 0.25) is 5.91 Å². The molecule has 2 heterocycles. The van der Waals surface area contributed by atoms with Crippen LogP contribution in [0.1, 0.15) is 39.0 Å². The zero-order valence-electron chi connectivity index (χ0n) is 12.8. The maximum absolute atomic E-state index is 11.9. The Bertz CT molecular complexity index is 427. The van der Waals surface area contributed by atoms with Crippen LogP contribution in [0.15, 0.2) is 24.4 Å². The predicted molar refractivity (Wildman–Crippen MR) is 85.1 cm³/mol. The molecule has 0 radical (unpaired) electrons. The van der Waals surface area contributed by atoms with Crippen LogP contribution >= 0.6 is 0 Å². The molecular weight excluding hydrogens is 264 g/mol. The van der Waals surface area contributed by atoms with Gasteiger partial charge in [-0.05, 0) is 44.7 Å². The summed E-state index contributed by atoms with van der Waals surface area (Å²) in [6, 6.07) is 6.45. The molecule has 116 valence electrons. The monoisotopic (exact) mass is 290 g/mol. The van der Waals surface area contributed by atoms with E-state index in [1.165, 1.54) is 0 Å². The van der Waals surface area contributed by atoms with Crippen molar-refractivity contribution in [3.63, 3.8) is 0 Å². The maximum atomic E-state index is 11.9. The van der Waals surface area contributed by atoms with Crippen molar-refractivity contribution in [2.45, 2.75) is 51.1 Å². The molecule has 0 bridgehead atoms. The summed E-state index contributed by atoms with van der Waals surface area (Å²) in [7, 11) is 0. The highest BCUT2D eigenvalue weighted by molar-refractivity contribution is 5.76. The fourth-order valence-electron chi connectivity index (χ4n) is 2.68. The van der Waals surface area contributed by atoms with Gasteiger partial charge in [-0.3, -0.25) is 4.79 Å². The zero-order chi connectivity index (χ0) is 15.1. The van der Waals surface area contributed by atoms with E-state index in [-0.39, 0.29) is 11.9 Å². The van der Waals surface area contributed by atoms with Crippen molar-refractivity contribution in [1.29, 1.82) is 0 Å². The number of hydrogen-bond donors (Lipinski definition) is 2. The number of nitrogens with zero attached hydrogens (tertiary/aromatic N) is 2. The van der Waals surface area contributed by atoms with Gasteiger partial charge >= 0.3 is 0 Å². The van der Waals surface area contributed by atoms with Gasteiger partial charge in [0.15, 0.2) is 0 Å². The fraction of sp³-hybridized carbons (Fsp3) is 0.625. The third-order valence-electron chi connectivity index (χ3n) is 3.90. The molecule has 0 aromatic carbocycles. The van der Waals surface area contributed by atoms with Crippen molar-refractivity contribution in [1.82, 2.24) is 10.3 Å². The molecule has 1 fully saturated rings. The van der Waals surface area contributed by atoms with Crippen molar-refractivity contribution in [3.8, 4) is 0 Å². The lowest BCUT2D eigenvalue weighted by molar-refractivity contribution is -0.122. The third-order valence-corrected chi connectivity index (χ3v) is 3.90. The van der Waals surface area contributed by atoms with E-state index < -0.39 is 0 Å². The van der Waals surface area contributed by atoms with E-state index in [4.69, 9.17) is 5.73 Å². The van der Waals surface area contributed by atoms with Crippen molar-refractivity contribution in [2.75, 3.05) is 18.0 Å². The largest absolute Gasteiger partial charge is 0.356 e. The SMILES string of the molecule is CC(N)CCCC(=O)NC1CCN(c2ccccn2)CC1. The van der Waals surface area contributed by atoms with Gasteiger partial charge in [0.1, 0.15) is 5.82 Å². The molecule has 21 heavy (non-hydrogen) atoms. The summed E-state index contributed by atoms with van der Waals surface area (Å²) in [6.45, 7) is 3.87. The van der Waals surface area contributed by atoms with Gasteiger partial charge in [-0.1, -0.05) is 6.07 Å². The van der Waals surface area contributed by atoms with Crippen molar-refractivity contribution in [2.24, 2.45) is 5.73 Å². The summed E-state index contributed by atoms with van der Waals surface area (Å²) in [6.07, 6.45) is 6.15. The first-order valence-electron chi connectivity index (χ1n) is 7.86. The number of carbonyl (C=O) groups excluding carboxylic acids is 1. The third kappa shape index (κ3) is 5.34. The van der Waals surface area contributed by atoms with Crippen LogP contribution in [-0.4, -0.2) is 36.1 Å². The van der Waals surface area contributed by atoms with Crippen LogP contribution in [0.3, 0.4) is 0 Å². The summed E-state index contributed by atoms with van der Waals surface area (Å²) >= 11 is 0. The summed E-state index contributed by atoms with van der Waals surface area (Å²) in [5.74, 6) is 1.19. The quantitative estimate of drug-likeness (QED) is 0.836. The Morgan fingerprint density at radius 1 is 1.48 bits per heavy atom. The van der Waals surface area contributed by atoms with E-state index >= 15 is 0 Å². The number of piperidine rings is 1. The molecule has 1 aliphatic heterocycles. The van der Waals surface area contributed by atoms with E-state index in [0.717, 1.165) is 44.6 Å². The van der Waals surface area contributed by atoms with E-state index in [0.29, 0.717) is 12.5 Å². The number of pyridine rings is 1. The first-order valence-corrected chi connectivity index (χ1v) is 7.86. The van der Waals surface area contributed by atoms with Crippen LogP contribution < -0.4 is 16.0 Å². The Kier molecular flexibility index (Phi) is 5.99. The molecule has 1 atom stereocenters. The molecule has 5 heteroatoms. The number of carbonyl (C=O) groups is 1. The number of nitrogens with two attached hydrogens (primary N) is 1. The molecule has 5 nitrogen and oxygen atoms in total. The molecular formula is C16H26N4O. The molecule has 2 rings (SSSR count). The number of amides is 1. The molecule has 1 unspecified atom stereocenters. The van der Waals surface area contributed by atoms with E-state index in [1.54, 1.807) is 0 Å². The lowest BCUT2D eigenvalue weighted by Crippen LogP contribution is -2.44. The van der Waals surface area contributed by atoms with E-state index in [9.17, 15) is 4.79 Å². The van der Waals surface area contributed by atoms with Gasteiger partial charge in [-0.2, -0.15) is 0 Å². The molecule has 1 amide bonds. The second-order valence-electron chi connectivity index (χ2n) is 5.89. The standard InChI is InChI=1S/C16H26N4O/c1-13(17)5-4-7-16(21)19-14-8-11-20(12-9-14)15-6-2-3-10-18-15/h2-3,6,10,13-14H,4-5,7-9,11-12,17H2,1H3,(H,19,21). The minimum absolute atomic E-state index is 0.159. The smallest absolute Gasteiger partial charge is 0.220 e. The first-order chi connectivity index (χ1) is 10.1. The molecule has 0 aliphatic carbocycles. The number of aromatic nitrogens is 1. The Morgan fingerprint density at radius 2 is 2.24 bits per heavy atom. The molecule has 1 aliphatic rings. The van der Waals surface area contributed by atoms with E-state index in [2.05, 4.69) is 15.2 Å². The summed E-state index contributed by atoms with van der Waals surface area (Å²) in [5.41, 5.74) is 5.69. The molecule has 0 spiro atoms. The molecule has 1 aromatic rings. The van der Waals surface area contributed by atoms with Crippen LogP contribution in [0, 0.1) is 0 Å². The summed E-state index contributed by atoms with van der Waals surface area (Å²) < 4.78 is 0. The number of anilines is 1. The number of hydrogen-bond acceptors (Lipinski definition) is 4. The minimum Gasteiger partial charge on any atom is -0.356 e. The average Bonchev–Trinajstić information content (AvgIpc) is 2.48. The highest BCUT2D eigenvalue weighted by Gasteiger charge is 2.21. The highest BCUT2D eigenvalue weighted by Crippen LogP contribution is 2.17. The average molecular weight is 290 g/mol. The van der Waals surface area contributed by atoms with Crippen LogP contribution in [0.25, 0.3) is 0 Å². The Hall–Kier alpha value is -1.62. The van der Waals surface area contributed by atoms with Gasteiger partial charge in [0, 0.05) is 37.8 Å². The zero-order valence-corrected chi connectivity index (χ0v) is 12.8. The van der Waals surface area contributed by atoms with Crippen LogP contribution in [0.5, 0.6) is 0 Å². The van der Waals surface area contributed by atoms with Crippen LogP contribution in [-0.2, 0) is 4.79 Å². The lowest BCUT2D eigenvalue weighted by Gasteiger charge is -2.33. The van der Waals surface area contributed by atoms with Gasteiger partial charge in [0.05, 0.1) is 0 Å². The van der Waals surface area contributed by atoms with Gasteiger partial charge in [-0.15, -0.1) is 0 Å². The van der Waals surface area contributed by atoms with Gasteiger partial charge < -0.3 is 16.0 Å². The topological polar surface area (TPSA) is 71.2 Å². The molecule has 1 aromatic heterocycles. The Labute approximate surface area is 126 Å². The molecule has 0 saturated carbocycles.